The molecule has 3 rings (SSSR count). The van der Waals surface area contributed by atoms with Gasteiger partial charge in [-0.1, -0.05) is 0 Å². The average molecular weight is 310 g/mol. The molecule has 1 aliphatic rings. The van der Waals surface area contributed by atoms with Gasteiger partial charge < -0.3 is 15.2 Å². The Morgan fingerprint density at radius 3 is 2.61 bits per heavy atom. The van der Waals surface area contributed by atoms with Crippen molar-refractivity contribution in [3.05, 3.63) is 22.8 Å². The summed E-state index contributed by atoms with van der Waals surface area (Å²) in [4.78, 5) is 0. The second-order valence-corrected chi connectivity index (χ2v) is 4.87. The van der Waals surface area contributed by atoms with Crippen molar-refractivity contribution in [3.63, 3.8) is 0 Å². The molecule has 0 radical (unpaired) electrons. The molecule has 0 spiro atoms. The van der Waals surface area contributed by atoms with Crippen LogP contribution in [0.4, 0.5) is 5.82 Å². The van der Waals surface area contributed by atoms with Crippen LogP contribution in [-0.4, -0.2) is 23.0 Å². The van der Waals surface area contributed by atoms with E-state index < -0.39 is 0 Å². The van der Waals surface area contributed by atoms with Gasteiger partial charge in [-0.25, -0.2) is 0 Å². The van der Waals surface area contributed by atoms with Gasteiger partial charge in [0.2, 0.25) is 0 Å². The van der Waals surface area contributed by atoms with Crippen molar-refractivity contribution in [2.75, 3.05) is 18.9 Å². The maximum atomic E-state index is 6.00. The Hall–Kier alpha value is -1.69. The minimum atomic E-state index is 0.538. The standard InChI is InChI=1S/C12H12BrN3O2/c1-16-12(14)8(6-15-16)7-2-3-9(13)11-10(7)17-4-5-18-11/h2-3,6H,4-5,14H2,1H3. The largest absolute Gasteiger partial charge is 0.485 e. The number of rotatable bonds is 1. The molecule has 94 valence electrons. The molecule has 2 N–H and O–H groups in total. The van der Waals surface area contributed by atoms with Crippen LogP contribution >= 0.6 is 15.9 Å². The molecule has 1 aromatic carbocycles. The first kappa shape index (κ1) is 11.4. The number of anilines is 1. The molecule has 2 aromatic rings. The molecule has 2 heterocycles. The maximum Gasteiger partial charge on any atom is 0.176 e. The molecule has 0 atom stereocenters. The quantitative estimate of drug-likeness (QED) is 0.877. The van der Waals surface area contributed by atoms with E-state index in [0.717, 1.165) is 27.1 Å². The van der Waals surface area contributed by atoms with Crippen molar-refractivity contribution in [1.29, 1.82) is 0 Å². The van der Waals surface area contributed by atoms with Crippen LogP contribution in [0.1, 0.15) is 0 Å². The second kappa shape index (κ2) is 4.20. The Labute approximate surface area is 113 Å². The Morgan fingerprint density at radius 1 is 1.22 bits per heavy atom. The summed E-state index contributed by atoms with van der Waals surface area (Å²) in [7, 11) is 1.81. The number of aryl methyl sites for hydroxylation is 1. The molecule has 6 heteroatoms. The fourth-order valence-corrected chi connectivity index (χ4v) is 2.40. The van der Waals surface area contributed by atoms with Crippen LogP contribution in [-0.2, 0) is 7.05 Å². The van der Waals surface area contributed by atoms with Crippen molar-refractivity contribution in [2.24, 2.45) is 7.05 Å². The summed E-state index contributed by atoms with van der Waals surface area (Å²) < 4.78 is 13.8. The maximum absolute atomic E-state index is 6.00. The van der Waals surface area contributed by atoms with Gasteiger partial charge in [-0.15, -0.1) is 0 Å². The van der Waals surface area contributed by atoms with Gasteiger partial charge in [0.05, 0.1) is 10.7 Å². The number of ether oxygens (including phenoxy) is 2. The molecule has 0 saturated heterocycles. The van der Waals surface area contributed by atoms with E-state index in [1.807, 2.05) is 19.2 Å². The molecule has 1 aliphatic heterocycles. The lowest BCUT2D eigenvalue weighted by atomic mass is 10.1. The highest BCUT2D eigenvalue weighted by Gasteiger charge is 2.22. The molecular weight excluding hydrogens is 298 g/mol. The molecule has 1 aromatic heterocycles. The number of benzene rings is 1. The summed E-state index contributed by atoms with van der Waals surface area (Å²) in [6.45, 7) is 1.09. The molecule has 0 saturated carbocycles. The van der Waals surface area contributed by atoms with Crippen LogP contribution in [0.2, 0.25) is 0 Å². The first-order chi connectivity index (χ1) is 8.68. The van der Waals surface area contributed by atoms with Crippen molar-refractivity contribution in [3.8, 4) is 22.6 Å². The molecule has 0 unspecified atom stereocenters. The monoisotopic (exact) mass is 309 g/mol. The summed E-state index contributed by atoms with van der Waals surface area (Å²) in [5.41, 5.74) is 7.75. The van der Waals surface area contributed by atoms with Crippen LogP contribution in [0.5, 0.6) is 11.5 Å². The van der Waals surface area contributed by atoms with E-state index in [2.05, 4.69) is 21.0 Å². The van der Waals surface area contributed by atoms with Gasteiger partial charge in [0.25, 0.3) is 0 Å². The highest BCUT2D eigenvalue weighted by Crippen LogP contribution is 2.45. The van der Waals surface area contributed by atoms with Crippen molar-refractivity contribution >= 4 is 21.7 Å². The molecular formula is C12H12BrN3O2. The molecule has 5 nitrogen and oxygen atoms in total. The van der Waals surface area contributed by atoms with Gasteiger partial charge in [0.1, 0.15) is 19.0 Å². The highest BCUT2D eigenvalue weighted by atomic mass is 79.9. The zero-order valence-electron chi connectivity index (χ0n) is 9.81. The van der Waals surface area contributed by atoms with E-state index in [-0.39, 0.29) is 0 Å². The van der Waals surface area contributed by atoms with Gasteiger partial charge >= 0.3 is 0 Å². The highest BCUT2D eigenvalue weighted by molar-refractivity contribution is 9.10. The number of nitrogen functional groups attached to an aromatic ring is 1. The van der Waals surface area contributed by atoms with Gasteiger partial charge in [-0.05, 0) is 28.1 Å². The minimum Gasteiger partial charge on any atom is -0.485 e. The fourth-order valence-electron chi connectivity index (χ4n) is 1.97. The Kier molecular flexibility index (Phi) is 2.66. The number of hydrogen-bond acceptors (Lipinski definition) is 4. The normalized spacial score (nSPS) is 13.7. The topological polar surface area (TPSA) is 62.3 Å². The zero-order chi connectivity index (χ0) is 12.7. The van der Waals surface area contributed by atoms with Crippen LogP contribution < -0.4 is 15.2 Å². The Balaban J connectivity index is 2.21. The zero-order valence-corrected chi connectivity index (χ0v) is 11.4. The SMILES string of the molecule is Cn1ncc(-c2ccc(Br)c3c2OCCO3)c1N. The number of nitrogens with two attached hydrogens (primary N) is 1. The predicted octanol–water partition coefficient (Wildman–Crippen LogP) is 2.20. The Bertz CT molecular complexity index is 610. The Morgan fingerprint density at radius 2 is 1.94 bits per heavy atom. The smallest absolute Gasteiger partial charge is 0.176 e. The first-order valence-electron chi connectivity index (χ1n) is 5.54. The number of hydrogen-bond donors (Lipinski definition) is 1. The fraction of sp³-hybridized carbons (Fsp3) is 0.250. The van der Waals surface area contributed by atoms with Crippen molar-refractivity contribution < 1.29 is 9.47 Å². The predicted molar refractivity (Wildman–Crippen MR) is 71.7 cm³/mol. The van der Waals surface area contributed by atoms with Crippen LogP contribution in [0, 0.1) is 0 Å². The van der Waals surface area contributed by atoms with E-state index in [4.69, 9.17) is 15.2 Å². The number of halogens is 1. The third-order valence-electron chi connectivity index (χ3n) is 2.92. The average Bonchev–Trinajstić information content (AvgIpc) is 2.71. The molecule has 0 amide bonds. The van der Waals surface area contributed by atoms with E-state index in [9.17, 15) is 0 Å². The van der Waals surface area contributed by atoms with Crippen molar-refractivity contribution in [1.82, 2.24) is 9.78 Å². The molecule has 0 bridgehead atoms. The van der Waals surface area contributed by atoms with Gasteiger partial charge in [0.15, 0.2) is 11.5 Å². The van der Waals surface area contributed by atoms with Gasteiger partial charge in [-0.2, -0.15) is 5.10 Å². The van der Waals surface area contributed by atoms with E-state index >= 15 is 0 Å². The third kappa shape index (κ3) is 1.64. The third-order valence-corrected chi connectivity index (χ3v) is 3.54. The molecule has 18 heavy (non-hydrogen) atoms. The molecule has 0 fully saturated rings. The van der Waals surface area contributed by atoms with Crippen LogP contribution in [0.3, 0.4) is 0 Å². The number of nitrogens with zero attached hydrogens (tertiary/aromatic N) is 2. The van der Waals surface area contributed by atoms with E-state index in [1.165, 1.54) is 0 Å². The number of aromatic nitrogens is 2. The summed E-state index contributed by atoms with van der Waals surface area (Å²) in [6.07, 6.45) is 1.73. The van der Waals surface area contributed by atoms with Crippen LogP contribution in [0.25, 0.3) is 11.1 Å². The summed E-state index contributed by atoms with van der Waals surface area (Å²) in [5, 5.41) is 4.15. The van der Waals surface area contributed by atoms with Crippen molar-refractivity contribution in [2.45, 2.75) is 0 Å². The van der Waals surface area contributed by atoms with Crippen LogP contribution in [0.15, 0.2) is 22.8 Å². The summed E-state index contributed by atoms with van der Waals surface area (Å²) in [5.74, 6) is 2.05. The second-order valence-electron chi connectivity index (χ2n) is 4.02. The lowest BCUT2D eigenvalue weighted by Crippen LogP contribution is -2.16. The minimum absolute atomic E-state index is 0.538. The molecule has 0 aliphatic carbocycles. The van der Waals surface area contributed by atoms with E-state index in [0.29, 0.717) is 19.0 Å². The lowest BCUT2D eigenvalue weighted by Gasteiger charge is -2.22. The van der Waals surface area contributed by atoms with E-state index in [1.54, 1.807) is 10.9 Å². The van der Waals surface area contributed by atoms with Gasteiger partial charge in [0, 0.05) is 18.2 Å². The summed E-state index contributed by atoms with van der Waals surface area (Å²) in [6, 6.07) is 3.88. The number of fused-ring (bicyclic) bond motifs is 1. The first-order valence-corrected chi connectivity index (χ1v) is 6.33. The van der Waals surface area contributed by atoms with Gasteiger partial charge in [-0.3, -0.25) is 4.68 Å². The lowest BCUT2D eigenvalue weighted by molar-refractivity contribution is 0.171. The summed E-state index contributed by atoms with van der Waals surface area (Å²) >= 11 is 3.46.